The number of rotatable bonds is 4. The number of ether oxygens (including phenoxy) is 1. The van der Waals surface area contributed by atoms with E-state index in [9.17, 15) is 0 Å². The SMILES string of the molecule is NCC(Oc1ccc2c(c1)CCCC2)c1cccc(Br)c1. The Balaban J connectivity index is 1.81. The van der Waals surface area contributed by atoms with E-state index in [1.54, 1.807) is 0 Å². The summed E-state index contributed by atoms with van der Waals surface area (Å²) in [4.78, 5) is 0. The lowest BCUT2D eigenvalue weighted by molar-refractivity contribution is 0.214. The van der Waals surface area contributed by atoms with Crippen molar-refractivity contribution in [3.8, 4) is 5.75 Å². The maximum Gasteiger partial charge on any atom is 0.136 e. The molecule has 0 fully saturated rings. The predicted molar refractivity (Wildman–Crippen MR) is 89.6 cm³/mol. The number of hydrogen-bond acceptors (Lipinski definition) is 2. The Kier molecular flexibility index (Phi) is 4.61. The molecule has 0 aliphatic heterocycles. The maximum atomic E-state index is 6.12. The summed E-state index contributed by atoms with van der Waals surface area (Å²) in [5.41, 5.74) is 9.91. The van der Waals surface area contributed by atoms with Gasteiger partial charge in [-0.25, -0.2) is 0 Å². The molecule has 0 saturated carbocycles. The van der Waals surface area contributed by atoms with Gasteiger partial charge in [-0.2, -0.15) is 0 Å². The number of fused-ring (bicyclic) bond motifs is 1. The lowest BCUT2D eigenvalue weighted by Gasteiger charge is -2.21. The molecule has 0 spiro atoms. The third-order valence-electron chi connectivity index (χ3n) is 4.03. The molecule has 1 aliphatic carbocycles. The van der Waals surface area contributed by atoms with Gasteiger partial charge in [0.2, 0.25) is 0 Å². The Bertz CT molecular complexity index is 626. The highest BCUT2D eigenvalue weighted by Crippen LogP contribution is 2.28. The number of nitrogens with two attached hydrogens (primary N) is 1. The van der Waals surface area contributed by atoms with Crippen molar-refractivity contribution in [2.24, 2.45) is 5.73 Å². The van der Waals surface area contributed by atoms with Gasteiger partial charge in [-0.1, -0.05) is 34.1 Å². The molecule has 1 unspecified atom stereocenters. The van der Waals surface area contributed by atoms with Crippen LogP contribution in [0.4, 0.5) is 0 Å². The van der Waals surface area contributed by atoms with E-state index in [2.05, 4.69) is 46.3 Å². The van der Waals surface area contributed by atoms with Crippen molar-refractivity contribution in [3.05, 3.63) is 63.6 Å². The van der Waals surface area contributed by atoms with Gasteiger partial charge in [-0.3, -0.25) is 0 Å². The molecule has 3 heteroatoms. The van der Waals surface area contributed by atoms with E-state index < -0.39 is 0 Å². The first kappa shape index (κ1) is 14.6. The molecule has 0 heterocycles. The van der Waals surface area contributed by atoms with Gasteiger partial charge >= 0.3 is 0 Å². The predicted octanol–water partition coefficient (Wildman–Crippen LogP) is 4.41. The van der Waals surface area contributed by atoms with Gasteiger partial charge in [-0.05, 0) is 66.6 Å². The first-order chi connectivity index (χ1) is 10.3. The highest BCUT2D eigenvalue weighted by atomic mass is 79.9. The van der Waals surface area contributed by atoms with Crippen LogP contribution in [0.15, 0.2) is 46.9 Å². The third-order valence-corrected chi connectivity index (χ3v) is 4.53. The minimum atomic E-state index is -0.107. The highest BCUT2D eigenvalue weighted by molar-refractivity contribution is 9.10. The summed E-state index contributed by atoms with van der Waals surface area (Å²) < 4.78 is 7.17. The van der Waals surface area contributed by atoms with Crippen LogP contribution in [0.3, 0.4) is 0 Å². The fourth-order valence-electron chi connectivity index (χ4n) is 2.91. The molecule has 0 amide bonds. The van der Waals surface area contributed by atoms with Gasteiger partial charge in [-0.15, -0.1) is 0 Å². The van der Waals surface area contributed by atoms with Crippen LogP contribution < -0.4 is 10.5 Å². The molecule has 2 N–H and O–H groups in total. The Hall–Kier alpha value is -1.32. The van der Waals surface area contributed by atoms with Crippen molar-refractivity contribution in [2.75, 3.05) is 6.54 Å². The van der Waals surface area contributed by atoms with Crippen molar-refractivity contribution in [3.63, 3.8) is 0 Å². The molecule has 110 valence electrons. The molecule has 1 aliphatic rings. The summed E-state index contributed by atoms with van der Waals surface area (Å²) >= 11 is 3.50. The van der Waals surface area contributed by atoms with Gasteiger partial charge in [0.05, 0.1) is 0 Å². The quantitative estimate of drug-likeness (QED) is 0.890. The van der Waals surface area contributed by atoms with Crippen molar-refractivity contribution >= 4 is 15.9 Å². The first-order valence-electron chi connectivity index (χ1n) is 7.50. The molecule has 2 aromatic carbocycles. The Morgan fingerprint density at radius 2 is 1.86 bits per heavy atom. The number of benzene rings is 2. The summed E-state index contributed by atoms with van der Waals surface area (Å²) in [6, 6.07) is 14.6. The zero-order chi connectivity index (χ0) is 14.7. The summed E-state index contributed by atoms with van der Waals surface area (Å²) in [5, 5.41) is 0. The van der Waals surface area contributed by atoms with E-state index in [1.165, 1.54) is 30.4 Å². The van der Waals surface area contributed by atoms with Crippen LogP contribution >= 0.6 is 15.9 Å². The zero-order valence-corrected chi connectivity index (χ0v) is 13.6. The van der Waals surface area contributed by atoms with Crippen LogP contribution in [0.25, 0.3) is 0 Å². The molecule has 0 radical (unpaired) electrons. The lowest BCUT2D eigenvalue weighted by Crippen LogP contribution is -2.18. The highest BCUT2D eigenvalue weighted by Gasteiger charge is 2.14. The van der Waals surface area contributed by atoms with Crippen LogP contribution in [-0.2, 0) is 12.8 Å². The average Bonchev–Trinajstić information content (AvgIpc) is 2.52. The molecule has 2 aromatic rings. The Morgan fingerprint density at radius 1 is 1.05 bits per heavy atom. The van der Waals surface area contributed by atoms with Crippen LogP contribution in [0.1, 0.15) is 35.6 Å². The average molecular weight is 346 g/mol. The first-order valence-corrected chi connectivity index (χ1v) is 8.29. The lowest BCUT2D eigenvalue weighted by atomic mass is 9.92. The second kappa shape index (κ2) is 6.63. The Morgan fingerprint density at radius 3 is 2.62 bits per heavy atom. The van der Waals surface area contributed by atoms with Crippen molar-refractivity contribution in [1.82, 2.24) is 0 Å². The van der Waals surface area contributed by atoms with E-state index in [-0.39, 0.29) is 6.10 Å². The van der Waals surface area contributed by atoms with Gasteiger partial charge in [0.25, 0.3) is 0 Å². The molecule has 0 saturated heterocycles. The molecular formula is C18H20BrNO. The summed E-state index contributed by atoms with van der Waals surface area (Å²) in [5.74, 6) is 0.922. The molecular weight excluding hydrogens is 326 g/mol. The van der Waals surface area contributed by atoms with E-state index in [4.69, 9.17) is 10.5 Å². The third kappa shape index (κ3) is 3.47. The smallest absolute Gasteiger partial charge is 0.136 e. The van der Waals surface area contributed by atoms with Crippen molar-refractivity contribution in [1.29, 1.82) is 0 Å². The normalized spacial score (nSPS) is 15.3. The molecule has 1 atom stereocenters. The standard InChI is InChI=1S/C18H20BrNO/c19-16-7-3-6-15(10-16)18(12-20)21-17-9-8-13-4-1-2-5-14(13)11-17/h3,6-11,18H,1-2,4-5,12,20H2. The summed E-state index contributed by atoms with van der Waals surface area (Å²) in [6.07, 6.45) is 4.83. The Labute approximate surface area is 134 Å². The fraction of sp³-hybridized carbons (Fsp3) is 0.333. The molecule has 2 nitrogen and oxygen atoms in total. The van der Waals surface area contributed by atoms with Crippen LogP contribution in [0.2, 0.25) is 0 Å². The number of hydrogen-bond donors (Lipinski definition) is 1. The number of aryl methyl sites for hydroxylation is 2. The summed E-state index contributed by atoms with van der Waals surface area (Å²) in [6.45, 7) is 0.466. The fourth-order valence-corrected chi connectivity index (χ4v) is 3.32. The van der Waals surface area contributed by atoms with Crippen LogP contribution in [0, 0.1) is 0 Å². The topological polar surface area (TPSA) is 35.2 Å². The monoisotopic (exact) mass is 345 g/mol. The van der Waals surface area contributed by atoms with Gasteiger partial charge < -0.3 is 10.5 Å². The van der Waals surface area contributed by atoms with Gasteiger partial charge in [0.15, 0.2) is 0 Å². The van der Waals surface area contributed by atoms with Crippen molar-refractivity contribution in [2.45, 2.75) is 31.8 Å². The molecule has 21 heavy (non-hydrogen) atoms. The van der Waals surface area contributed by atoms with Gasteiger partial charge in [0.1, 0.15) is 11.9 Å². The van der Waals surface area contributed by atoms with E-state index in [0.717, 1.165) is 22.2 Å². The largest absolute Gasteiger partial charge is 0.484 e. The second-order valence-electron chi connectivity index (χ2n) is 5.53. The van der Waals surface area contributed by atoms with Crippen LogP contribution in [0.5, 0.6) is 5.75 Å². The maximum absolute atomic E-state index is 6.12. The minimum Gasteiger partial charge on any atom is -0.484 e. The van der Waals surface area contributed by atoms with E-state index >= 15 is 0 Å². The molecule has 0 bridgehead atoms. The zero-order valence-electron chi connectivity index (χ0n) is 12.0. The van der Waals surface area contributed by atoms with Gasteiger partial charge in [0, 0.05) is 11.0 Å². The molecule has 0 aromatic heterocycles. The minimum absolute atomic E-state index is 0.107. The molecule has 3 rings (SSSR count). The van der Waals surface area contributed by atoms with Crippen molar-refractivity contribution < 1.29 is 4.74 Å². The summed E-state index contributed by atoms with van der Waals surface area (Å²) in [7, 11) is 0. The van der Waals surface area contributed by atoms with E-state index in [1.807, 2.05) is 12.1 Å². The second-order valence-corrected chi connectivity index (χ2v) is 6.45. The van der Waals surface area contributed by atoms with Crippen LogP contribution in [-0.4, -0.2) is 6.54 Å². The van der Waals surface area contributed by atoms with E-state index in [0.29, 0.717) is 6.54 Å². The number of halogens is 1.